The topological polar surface area (TPSA) is 192 Å². The molecule has 22 heteroatoms. The number of amides is 1. The van der Waals surface area contributed by atoms with Gasteiger partial charge < -0.3 is 45.0 Å². The molecule has 14 saturated heterocycles. The van der Waals surface area contributed by atoms with Crippen molar-refractivity contribution in [3.63, 3.8) is 0 Å². The summed E-state index contributed by atoms with van der Waals surface area (Å²) in [7, 11) is -3.19. The van der Waals surface area contributed by atoms with Crippen LogP contribution in [0.15, 0.2) is 0 Å². The van der Waals surface area contributed by atoms with Gasteiger partial charge in [-0.3, -0.25) is 39.6 Å². The van der Waals surface area contributed by atoms with Gasteiger partial charge in [-0.15, -0.1) is 0 Å². The van der Waals surface area contributed by atoms with Crippen molar-refractivity contribution in [1.29, 1.82) is 0 Å². The Kier molecular flexibility index (Phi) is 87.5. The number of nitrogens with zero attached hydrogens (tertiary/aromatic N) is 7. The number of piperidine rings is 8. The van der Waals surface area contributed by atoms with E-state index in [2.05, 4.69) is 211 Å². The average molecular weight is 1940 g/mol. The smallest absolute Gasteiger partial charge is 0.407 e. The summed E-state index contributed by atoms with van der Waals surface area (Å²) in [4.78, 5) is 28.9. The molecule has 0 radical (unpaired) electrons. The molecule has 0 aromatic rings. The first-order chi connectivity index (χ1) is 62.2. The van der Waals surface area contributed by atoms with Gasteiger partial charge in [-0.05, 0) is 305 Å². The van der Waals surface area contributed by atoms with E-state index in [9.17, 15) is 13.2 Å². The summed E-state index contributed by atoms with van der Waals surface area (Å²) in [5.41, 5.74) is 3.53. The minimum Gasteiger partial charge on any atom is -0.441 e. The van der Waals surface area contributed by atoms with E-state index < -0.39 is 10.0 Å². The molecule has 14 fully saturated rings. The van der Waals surface area contributed by atoms with Crippen molar-refractivity contribution in [2.75, 3.05) is 176 Å². The SMILES string of the molecule is C.C.CC.CC.CC.CC.CC.CC.CC.CC.CC.CC.CC.CC.CC.CC.CC(C)(C)N1CCC2(CC1)CNC(=O)O2.CC(C)(C)N1CCC2(CC1)CNCCO2.CC(C)(C)N1CCC2(CC1)CNCO2.CC(C)(C)N1CCC2(CC1)CNS(=O)(=O)CO2.CC(C)(C)N1CCC2(CCCNC2)CC1.CC(C)(C)N1CCC2(CCCO2)CC1.CC(C)(C)N1CCC2(CCNC2)CC1. The van der Waals surface area contributed by atoms with E-state index in [0.717, 1.165) is 91.4 Å². The predicted octanol–water partition coefficient (Wildman–Crippen LogP) is 26.5. The number of ether oxygens (including phenoxy) is 5. The van der Waals surface area contributed by atoms with Gasteiger partial charge in [0.1, 0.15) is 5.60 Å². The van der Waals surface area contributed by atoms with Crippen LogP contribution in [-0.2, 0) is 33.7 Å². The van der Waals surface area contributed by atoms with Gasteiger partial charge in [-0.2, -0.15) is 0 Å². The number of carbonyl (C=O) groups is 1. The van der Waals surface area contributed by atoms with E-state index in [0.29, 0.717) is 51.6 Å². The molecule has 14 heterocycles. The van der Waals surface area contributed by atoms with Crippen molar-refractivity contribution in [1.82, 2.24) is 65.6 Å². The zero-order valence-corrected chi connectivity index (χ0v) is 99.6. The summed E-state index contributed by atoms with van der Waals surface area (Å²) in [6.07, 6.45) is 23.0. The fourth-order valence-corrected chi connectivity index (χ4v) is 19.6. The number of rotatable bonds is 0. The first-order valence-electron chi connectivity index (χ1n) is 55.8. The van der Waals surface area contributed by atoms with E-state index in [1.807, 2.05) is 194 Å². The highest BCUT2D eigenvalue weighted by atomic mass is 32.2. The highest BCUT2D eigenvalue weighted by Crippen LogP contribution is 2.43. The van der Waals surface area contributed by atoms with Crippen LogP contribution in [0.2, 0.25) is 0 Å². The van der Waals surface area contributed by atoms with Gasteiger partial charge in [0, 0.05) is 163 Å². The van der Waals surface area contributed by atoms with Gasteiger partial charge in [0.2, 0.25) is 10.0 Å². The standard InChI is InChI=1S/C13H26N2.C12H24N2O.C12H24N2.C12H23NO.C11H22N2O3S.C11H20N2O2.C11H22N2O.14C2H6.2CH4/c1-12(2,3)15-9-6-13(7-10-15)5-4-8-14-11-13;1-11(2,3)14-7-4-12(5-8-14)10-13-6-9-15-12;1-11(2,3)14-8-5-12(6-9-14)4-7-13-10-12;1-11(2,3)13-8-6-12(7-9-13)5-4-10-14-12;1-10(2,3)13-6-4-11(5-7-13)8-12-17(14,15)9-16-11;1-10(2,3)13-6-4-11(5-7-13)8-12-9(14)15-11;1-10(2,3)13-6-4-11(5-7-13)8-12-9-14-11;14*1-2;;/h14H,4-11H2,1-3H3;13H,4-10H2,1-3H3;13H,4-10H2,1-3H3;4-10H2,1-3H3;12H,4-9H2,1-3H3;4-8H2,1-3H3,(H,12,14);12H,4-9H2,1-3H3;14*1-2H3;2*1H4. The second kappa shape index (κ2) is 78.0. The molecule has 820 valence electrons. The molecule has 134 heavy (non-hydrogen) atoms. The first kappa shape index (κ1) is 150. The Morgan fingerprint density at radius 1 is 0.254 bits per heavy atom. The maximum absolute atomic E-state index is 11.3. The number of morpholine rings is 1. The lowest BCUT2D eigenvalue weighted by Crippen LogP contribution is -2.59. The lowest BCUT2D eigenvalue weighted by molar-refractivity contribution is -0.109. The normalized spacial score (nSPS) is 22.6. The van der Waals surface area contributed by atoms with E-state index in [-0.39, 0.29) is 66.0 Å². The van der Waals surface area contributed by atoms with Crippen LogP contribution in [-0.4, -0.2) is 292 Å². The minimum absolute atomic E-state index is 0. The summed E-state index contributed by atoms with van der Waals surface area (Å²) in [6, 6.07) is 0. The van der Waals surface area contributed by atoms with Gasteiger partial charge in [0.25, 0.3) is 0 Å². The molecule has 14 rings (SSSR count). The molecule has 1 amide bonds. The fraction of sp³-hybridized carbons (Fsp3) is 0.991. The van der Waals surface area contributed by atoms with Crippen LogP contribution in [0, 0.1) is 10.8 Å². The predicted molar refractivity (Wildman–Crippen MR) is 600 cm³/mol. The lowest BCUT2D eigenvalue weighted by Gasteiger charge is -2.48. The largest absolute Gasteiger partial charge is 0.441 e. The number of hydrogen-bond donors (Lipinski definition) is 6. The Morgan fingerprint density at radius 2 is 0.515 bits per heavy atom. The van der Waals surface area contributed by atoms with Crippen molar-refractivity contribution >= 4 is 16.1 Å². The summed E-state index contributed by atoms with van der Waals surface area (Å²) < 4.78 is 53.8. The monoisotopic (exact) mass is 1940 g/mol. The van der Waals surface area contributed by atoms with Crippen LogP contribution in [0.3, 0.4) is 0 Å². The third kappa shape index (κ3) is 56.7. The van der Waals surface area contributed by atoms with Crippen molar-refractivity contribution in [2.24, 2.45) is 10.8 Å². The maximum atomic E-state index is 11.3. The van der Waals surface area contributed by atoms with Crippen LogP contribution in [0.5, 0.6) is 0 Å². The van der Waals surface area contributed by atoms with Gasteiger partial charge in [0.15, 0.2) is 5.94 Å². The summed E-state index contributed by atoms with van der Waals surface area (Å²) in [5.74, 6) is -0.192. The van der Waals surface area contributed by atoms with E-state index in [1.165, 1.54) is 188 Å². The van der Waals surface area contributed by atoms with Gasteiger partial charge in [0.05, 0.1) is 42.3 Å². The number of carbonyl (C=O) groups excluding carboxylic acids is 1. The van der Waals surface area contributed by atoms with Crippen LogP contribution in [0.25, 0.3) is 0 Å². The Bertz CT molecular complexity index is 2480. The highest BCUT2D eigenvalue weighted by molar-refractivity contribution is 7.89. The van der Waals surface area contributed by atoms with E-state index in [4.69, 9.17) is 23.7 Å². The number of sulfonamides is 1. The van der Waals surface area contributed by atoms with Gasteiger partial charge >= 0.3 is 6.09 Å². The zero-order valence-electron chi connectivity index (χ0n) is 98.8. The van der Waals surface area contributed by atoms with Crippen LogP contribution >= 0.6 is 0 Å². The quantitative estimate of drug-likeness (QED) is 0.134. The molecule has 7 spiro atoms. The number of nitrogens with one attached hydrogen (secondary N) is 6. The molecular weight excluding hydrogens is 1690 g/mol. The van der Waals surface area contributed by atoms with E-state index >= 15 is 0 Å². The highest BCUT2D eigenvalue weighted by Gasteiger charge is 2.48. The summed E-state index contributed by atoms with van der Waals surface area (Å²) >= 11 is 0. The Labute approximate surface area is 843 Å². The third-order valence-electron chi connectivity index (χ3n) is 26.8. The molecule has 14 aliphatic heterocycles. The molecule has 0 bridgehead atoms. The van der Waals surface area contributed by atoms with Crippen molar-refractivity contribution < 1.29 is 36.9 Å². The Morgan fingerprint density at radius 3 is 0.739 bits per heavy atom. The zero-order chi connectivity index (χ0) is 104. The Balaban J connectivity index is -0.000000185. The number of hydrogen-bond acceptors (Lipinski definition) is 19. The molecule has 0 unspecified atom stereocenters. The molecule has 21 nitrogen and oxygen atoms in total. The first-order valence-corrected chi connectivity index (χ1v) is 57.5. The lowest BCUT2D eigenvalue weighted by atomic mass is 9.72. The van der Waals surface area contributed by atoms with Crippen molar-refractivity contribution in [3.8, 4) is 0 Å². The maximum Gasteiger partial charge on any atom is 0.407 e. The van der Waals surface area contributed by atoms with Gasteiger partial charge in [-0.1, -0.05) is 209 Å². The Hall–Kier alpha value is -1.42. The summed E-state index contributed by atoms with van der Waals surface area (Å²) in [6.45, 7) is 132. The number of alkyl carbamates (subject to hydrolysis) is 1. The molecule has 6 N–H and O–H groups in total. The molecule has 0 aliphatic carbocycles. The molecule has 0 aromatic heterocycles. The van der Waals surface area contributed by atoms with Crippen molar-refractivity contribution in [2.45, 2.75) is 543 Å². The second-order valence-corrected chi connectivity index (χ2v) is 43.1. The second-order valence-electron chi connectivity index (χ2n) is 41.4. The summed E-state index contributed by atoms with van der Waals surface area (Å²) in [5, 5.41) is 16.6. The number of likely N-dealkylation sites (tertiary alicyclic amines) is 7. The molecule has 0 aromatic carbocycles. The third-order valence-corrected chi connectivity index (χ3v) is 27.8. The molecule has 14 aliphatic rings. The van der Waals surface area contributed by atoms with Crippen molar-refractivity contribution in [3.05, 3.63) is 0 Å². The van der Waals surface area contributed by atoms with Crippen LogP contribution in [0.1, 0.15) is 476 Å². The minimum atomic E-state index is -3.19. The van der Waals surface area contributed by atoms with Crippen LogP contribution < -0.4 is 31.3 Å². The fourth-order valence-electron chi connectivity index (χ4n) is 18.6. The molecule has 0 saturated carbocycles. The van der Waals surface area contributed by atoms with E-state index in [1.54, 1.807) is 0 Å². The molecule has 0 atom stereocenters. The average Bonchev–Trinajstić information content (AvgIpc) is 1.46. The molecular formula is C112H253N13O8S. The van der Waals surface area contributed by atoms with Crippen LogP contribution in [0.4, 0.5) is 4.79 Å². The van der Waals surface area contributed by atoms with Gasteiger partial charge in [-0.25, -0.2) is 17.9 Å².